The second-order valence-corrected chi connectivity index (χ2v) is 6.22. The lowest BCUT2D eigenvalue weighted by molar-refractivity contribution is 0.415. The number of anilines is 2. The molecule has 0 aromatic heterocycles. The lowest BCUT2D eigenvalue weighted by Crippen LogP contribution is -2.12. The molecule has 0 amide bonds. The molecule has 29 heavy (non-hydrogen) atoms. The Labute approximate surface area is 179 Å². The van der Waals surface area contributed by atoms with Crippen LogP contribution >= 0.6 is 0 Å². The molecule has 2 aromatic rings. The number of nitrogens with zero attached hydrogens (tertiary/aromatic N) is 1. The summed E-state index contributed by atoms with van der Waals surface area (Å²) >= 11 is 0. The molecule has 0 aliphatic rings. The van der Waals surface area contributed by atoms with E-state index in [4.69, 9.17) is 4.74 Å². The molecule has 2 nitrogen and oxygen atoms in total. The second kappa shape index (κ2) is 14.5. The summed E-state index contributed by atoms with van der Waals surface area (Å²) in [5.41, 5.74) is 7.56. The maximum absolute atomic E-state index is 5.28. The summed E-state index contributed by atoms with van der Waals surface area (Å²) in [6.07, 6.45) is 9.79. The van der Waals surface area contributed by atoms with Gasteiger partial charge in [0.25, 0.3) is 0 Å². The van der Waals surface area contributed by atoms with Crippen molar-refractivity contribution in [2.75, 3.05) is 19.1 Å². The Morgan fingerprint density at radius 3 is 2.00 bits per heavy atom. The SMILES string of the molecule is C/C=C\c1c(N(C)c2ccc(OC)cc2)cc(/C=C\CC)c(C)c1C.CC.CC. The van der Waals surface area contributed by atoms with Gasteiger partial charge in [-0.05, 0) is 74.2 Å². The van der Waals surface area contributed by atoms with E-state index in [0.717, 1.165) is 17.9 Å². The molecule has 2 heteroatoms. The van der Waals surface area contributed by atoms with Gasteiger partial charge in [0.15, 0.2) is 0 Å². The van der Waals surface area contributed by atoms with E-state index in [1.807, 2.05) is 39.8 Å². The van der Waals surface area contributed by atoms with Crippen molar-refractivity contribution in [3.63, 3.8) is 0 Å². The summed E-state index contributed by atoms with van der Waals surface area (Å²) in [6, 6.07) is 10.5. The van der Waals surface area contributed by atoms with Crippen molar-refractivity contribution in [1.29, 1.82) is 0 Å². The smallest absolute Gasteiger partial charge is 0.119 e. The van der Waals surface area contributed by atoms with Crippen molar-refractivity contribution in [3.8, 4) is 5.75 Å². The van der Waals surface area contributed by atoms with Crippen molar-refractivity contribution in [2.45, 2.75) is 61.8 Å². The van der Waals surface area contributed by atoms with Gasteiger partial charge in [0.1, 0.15) is 5.75 Å². The van der Waals surface area contributed by atoms with Crippen LogP contribution in [0.5, 0.6) is 5.75 Å². The van der Waals surface area contributed by atoms with Gasteiger partial charge in [-0.1, -0.05) is 58.9 Å². The van der Waals surface area contributed by atoms with Crippen molar-refractivity contribution in [1.82, 2.24) is 0 Å². The Morgan fingerprint density at radius 1 is 0.931 bits per heavy atom. The van der Waals surface area contributed by atoms with Gasteiger partial charge in [-0.3, -0.25) is 0 Å². The van der Waals surface area contributed by atoms with Gasteiger partial charge < -0.3 is 9.64 Å². The first kappa shape index (κ1) is 26.5. The zero-order chi connectivity index (χ0) is 22.4. The number of rotatable bonds is 6. The first-order valence-electron chi connectivity index (χ1n) is 10.8. The van der Waals surface area contributed by atoms with Crippen molar-refractivity contribution in [2.24, 2.45) is 0 Å². The molecule has 0 atom stereocenters. The summed E-state index contributed by atoms with van der Waals surface area (Å²) in [6.45, 7) is 16.6. The Morgan fingerprint density at radius 2 is 1.52 bits per heavy atom. The number of methoxy groups -OCH3 is 1. The van der Waals surface area contributed by atoms with Crippen LogP contribution in [0.4, 0.5) is 11.4 Å². The first-order valence-corrected chi connectivity index (χ1v) is 10.8. The van der Waals surface area contributed by atoms with E-state index in [0.29, 0.717) is 0 Å². The van der Waals surface area contributed by atoms with Crippen LogP contribution in [0.25, 0.3) is 12.2 Å². The summed E-state index contributed by atoms with van der Waals surface area (Å²) < 4.78 is 5.28. The quantitative estimate of drug-likeness (QED) is 0.485. The van der Waals surface area contributed by atoms with E-state index in [9.17, 15) is 0 Å². The van der Waals surface area contributed by atoms with E-state index in [-0.39, 0.29) is 0 Å². The Bertz CT molecular complexity index is 770. The maximum atomic E-state index is 5.28. The zero-order valence-corrected chi connectivity index (χ0v) is 20.3. The van der Waals surface area contributed by atoms with Crippen LogP contribution in [-0.4, -0.2) is 14.2 Å². The fraction of sp³-hybridized carbons (Fsp3) is 0.407. The van der Waals surface area contributed by atoms with E-state index >= 15 is 0 Å². The lowest BCUT2D eigenvalue weighted by atomic mass is 9.94. The van der Waals surface area contributed by atoms with Crippen molar-refractivity contribution >= 4 is 23.5 Å². The van der Waals surface area contributed by atoms with Crippen LogP contribution in [0.3, 0.4) is 0 Å². The standard InChI is InChI=1S/C23H29NO.2C2H6/c1-7-9-11-19-16-23(22(10-8-2)18(4)17(19)3)24(5)20-12-14-21(25-6)15-13-20;2*1-2/h8-16H,7H2,1-6H3;2*1-2H3/b10-8-,11-9-;;. The average molecular weight is 396 g/mol. The third-order valence-corrected chi connectivity index (χ3v) is 4.66. The van der Waals surface area contributed by atoms with Crippen LogP contribution in [0, 0.1) is 13.8 Å². The highest BCUT2D eigenvalue weighted by Crippen LogP contribution is 2.35. The fourth-order valence-electron chi connectivity index (χ4n) is 2.96. The lowest BCUT2D eigenvalue weighted by Gasteiger charge is -2.25. The molecule has 0 aliphatic heterocycles. The fourth-order valence-corrected chi connectivity index (χ4v) is 2.96. The van der Waals surface area contributed by atoms with Gasteiger partial charge in [-0.25, -0.2) is 0 Å². The Hall–Kier alpha value is -2.48. The van der Waals surface area contributed by atoms with E-state index < -0.39 is 0 Å². The van der Waals surface area contributed by atoms with Crippen LogP contribution in [0.2, 0.25) is 0 Å². The maximum Gasteiger partial charge on any atom is 0.119 e. The highest BCUT2D eigenvalue weighted by molar-refractivity contribution is 5.80. The number of hydrogen-bond donors (Lipinski definition) is 0. The minimum atomic E-state index is 0.873. The molecule has 2 rings (SSSR count). The van der Waals surface area contributed by atoms with Crippen LogP contribution < -0.4 is 9.64 Å². The minimum absolute atomic E-state index is 0.873. The largest absolute Gasteiger partial charge is 0.497 e. The normalized spacial score (nSPS) is 10.3. The van der Waals surface area contributed by atoms with Crippen LogP contribution in [0.1, 0.15) is 70.2 Å². The minimum Gasteiger partial charge on any atom is -0.497 e. The molecule has 2 aromatic carbocycles. The second-order valence-electron chi connectivity index (χ2n) is 6.22. The molecule has 0 spiro atoms. The Kier molecular flexibility index (Phi) is 13.3. The van der Waals surface area contributed by atoms with E-state index in [1.54, 1.807) is 7.11 Å². The number of ether oxygens (including phenoxy) is 1. The van der Waals surface area contributed by atoms with Gasteiger partial charge in [0, 0.05) is 24.0 Å². The summed E-state index contributed by atoms with van der Waals surface area (Å²) in [5.74, 6) is 0.873. The third kappa shape index (κ3) is 7.12. The number of benzene rings is 2. The van der Waals surface area contributed by atoms with Gasteiger partial charge in [0.05, 0.1) is 7.11 Å². The predicted octanol–water partition coefficient (Wildman–Crippen LogP) is 8.59. The molecular formula is C27H41NO. The monoisotopic (exact) mass is 395 g/mol. The number of hydrogen-bond acceptors (Lipinski definition) is 2. The zero-order valence-electron chi connectivity index (χ0n) is 20.3. The van der Waals surface area contributed by atoms with Crippen LogP contribution in [0.15, 0.2) is 42.5 Å². The van der Waals surface area contributed by atoms with Gasteiger partial charge in [-0.15, -0.1) is 0 Å². The molecule has 0 saturated carbocycles. The molecule has 0 bridgehead atoms. The molecule has 0 fully saturated rings. The highest BCUT2D eigenvalue weighted by Gasteiger charge is 2.14. The molecule has 0 saturated heterocycles. The van der Waals surface area contributed by atoms with Crippen molar-refractivity contribution < 1.29 is 4.74 Å². The third-order valence-electron chi connectivity index (χ3n) is 4.66. The molecule has 0 N–H and O–H groups in total. The molecule has 0 heterocycles. The molecule has 0 radical (unpaired) electrons. The van der Waals surface area contributed by atoms with Gasteiger partial charge >= 0.3 is 0 Å². The van der Waals surface area contributed by atoms with Gasteiger partial charge in [0.2, 0.25) is 0 Å². The molecule has 0 unspecified atom stereocenters. The Balaban J connectivity index is 0.00000184. The average Bonchev–Trinajstić information content (AvgIpc) is 2.79. The summed E-state index contributed by atoms with van der Waals surface area (Å²) in [5, 5.41) is 0. The molecule has 0 aliphatic carbocycles. The van der Waals surface area contributed by atoms with E-state index in [1.165, 1.54) is 27.9 Å². The molecule has 160 valence electrons. The first-order chi connectivity index (χ1) is 14.0. The van der Waals surface area contributed by atoms with Crippen molar-refractivity contribution in [3.05, 3.63) is 64.7 Å². The molecular weight excluding hydrogens is 354 g/mol. The highest BCUT2D eigenvalue weighted by atomic mass is 16.5. The van der Waals surface area contributed by atoms with Gasteiger partial charge in [-0.2, -0.15) is 0 Å². The van der Waals surface area contributed by atoms with E-state index in [2.05, 4.69) is 82.1 Å². The number of allylic oxidation sites excluding steroid dienone is 2. The summed E-state index contributed by atoms with van der Waals surface area (Å²) in [7, 11) is 3.81. The topological polar surface area (TPSA) is 12.5 Å². The predicted molar refractivity (Wildman–Crippen MR) is 134 cm³/mol. The summed E-state index contributed by atoms with van der Waals surface area (Å²) in [4.78, 5) is 2.24. The van der Waals surface area contributed by atoms with Crippen LogP contribution in [-0.2, 0) is 0 Å².